The van der Waals surface area contributed by atoms with Crippen LogP contribution < -0.4 is 0 Å². The summed E-state index contributed by atoms with van der Waals surface area (Å²) in [7, 11) is 2.10. The highest BCUT2D eigenvalue weighted by molar-refractivity contribution is 5.34. The summed E-state index contributed by atoms with van der Waals surface area (Å²) in [5, 5.41) is 9.95. The Bertz CT molecular complexity index is 735. The average Bonchev–Trinajstić information content (AvgIpc) is 2.66. The summed E-state index contributed by atoms with van der Waals surface area (Å²) in [5.74, 6) is -0.241. The van der Waals surface area contributed by atoms with E-state index in [1.165, 1.54) is 11.6 Å². The van der Waals surface area contributed by atoms with Gasteiger partial charge in [-0.3, -0.25) is 4.90 Å². The van der Waals surface area contributed by atoms with Crippen LogP contribution in [0.3, 0.4) is 0 Å². The molecular formula is C23H29FN2. The number of hydrogen-bond acceptors (Lipinski definition) is 2. The number of hydrogen-bond donors (Lipinski definition) is 0. The average molecular weight is 352 g/mol. The molecule has 0 bridgehead atoms. The molecule has 0 amide bonds. The van der Waals surface area contributed by atoms with Crippen LogP contribution in [0.4, 0.5) is 4.39 Å². The lowest BCUT2D eigenvalue weighted by atomic mass is 9.69. The minimum atomic E-state index is -0.790. The third-order valence-electron chi connectivity index (χ3n) is 5.56. The molecule has 0 saturated heterocycles. The van der Waals surface area contributed by atoms with Crippen molar-refractivity contribution in [2.24, 2.45) is 5.92 Å². The first kappa shape index (κ1) is 20.1. The molecule has 26 heavy (non-hydrogen) atoms. The van der Waals surface area contributed by atoms with Crippen LogP contribution in [0.1, 0.15) is 50.8 Å². The van der Waals surface area contributed by atoms with E-state index in [1.54, 1.807) is 12.1 Å². The van der Waals surface area contributed by atoms with Crippen molar-refractivity contribution in [3.8, 4) is 6.07 Å². The van der Waals surface area contributed by atoms with Gasteiger partial charge in [-0.25, -0.2) is 4.39 Å². The number of halogens is 1. The molecule has 0 radical (unpaired) electrons. The van der Waals surface area contributed by atoms with Gasteiger partial charge in [-0.2, -0.15) is 5.26 Å². The third kappa shape index (κ3) is 4.31. The van der Waals surface area contributed by atoms with E-state index < -0.39 is 5.41 Å². The summed E-state index contributed by atoms with van der Waals surface area (Å²) >= 11 is 0. The first-order valence-electron chi connectivity index (χ1n) is 9.34. The normalized spacial score (nSPS) is 14.8. The molecule has 0 aromatic heterocycles. The summed E-state index contributed by atoms with van der Waals surface area (Å²) in [6.45, 7) is 7.06. The molecular weight excluding hydrogens is 323 g/mol. The zero-order valence-electron chi connectivity index (χ0n) is 16.2. The van der Waals surface area contributed by atoms with Crippen LogP contribution in [0, 0.1) is 23.1 Å². The molecule has 2 unspecified atom stereocenters. The van der Waals surface area contributed by atoms with E-state index >= 15 is 0 Å². The van der Waals surface area contributed by atoms with Crippen LogP contribution in [0.2, 0.25) is 0 Å². The van der Waals surface area contributed by atoms with Crippen molar-refractivity contribution in [1.29, 1.82) is 5.26 Å². The zero-order chi connectivity index (χ0) is 19.2. The van der Waals surface area contributed by atoms with Gasteiger partial charge in [0.05, 0.1) is 11.5 Å². The Morgan fingerprint density at radius 2 is 1.65 bits per heavy atom. The van der Waals surface area contributed by atoms with Crippen LogP contribution in [-0.2, 0) is 5.41 Å². The molecule has 0 spiro atoms. The summed E-state index contributed by atoms with van der Waals surface area (Å²) < 4.78 is 14.4. The van der Waals surface area contributed by atoms with Crippen molar-refractivity contribution in [3.63, 3.8) is 0 Å². The first-order valence-corrected chi connectivity index (χ1v) is 9.34. The van der Waals surface area contributed by atoms with Gasteiger partial charge in [-0.05, 0) is 50.9 Å². The Morgan fingerprint density at radius 1 is 1.04 bits per heavy atom. The van der Waals surface area contributed by atoms with Gasteiger partial charge in [0.25, 0.3) is 0 Å². The Hall–Kier alpha value is -2.18. The monoisotopic (exact) mass is 352 g/mol. The summed E-state index contributed by atoms with van der Waals surface area (Å²) in [5.41, 5.74) is 1.01. The van der Waals surface area contributed by atoms with Crippen molar-refractivity contribution in [2.45, 2.75) is 45.1 Å². The van der Waals surface area contributed by atoms with Gasteiger partial charge in [0.15, 0.2) is 0 Å². The smallest absolute Gasteiger partial charge is 0.128 e. The largest absolute Gasteiger partial charge is 0.300 e. The van der Waals surface area contributed by atoms with Gasteiger partial charge in [-0.15, -0.1) is 0 Å². The molecule has 2 nitrogen and oxygen atoms in total. The van der Waals surface area contributed by atoms with Gasteiger partial charge in [-0.1, -0.05) is 62.4 Å². The van der Waals surface area contributed by atoms with Gasteiger partial charge in [0.2, 0.25) is 0 Å². The minimum absolute atomic E-state index is 0.0428. The van der Waals surface area contributed by atoms with E-state index in [2.05, 4.69) is 49.2 Å². The van der Waals surface area contributed by atoms with Crippen LogP contribution in [-0.4, -0.2) is 18.5 Å². The van der Waals surface area contributed by atoms with E-state index in [1.807, 2.05) is 26.0 Å². The predicted molar refractivity (Wildman–Crippen MR) is 105 cm³/mol. The molecule has 0 aliphatic heterocycles. The molecule has 0 aliphatic carbocycles. The van der Waals surface area contributed by atoms with E-state index in [-0.39, 0.29) is 11.7 Å². The molecule has 2 aromatic rings. The van der Waals surface area contributed by atoms with Gasteiger partial charge in [0, 0.05) is 11.6 Å². The van der Waals surface area contributed by atoms with Crippen LogP contribution in [0.25, 0.3) is 0 Å². The lowest BCUT2D eigenvalue weighted by molar-refractivity contribution is 0.240. The lowest BCUT2D eigenvalue weighted by Gasteiger charge is -2.33. The Balaban J connectivity index is 2.09. The van der Waals surface area contributed by atoms with E-state index in [9.17, 15) is 9.65 Å². The van der Waals surface area contributed by atoms with Crippen molar-refractivity contribution in [3.05, 3.63) is 71.5 Å². The highest BCUT2D eigenvalue weighted by atomic mass is 19.1. The molecule has 2 atom stereocenters. The molecule has 0 aliphatic rings. The minimum Gasteiger partial charge on any atom is -0.300 e. The second-order valence-electron chi connectivity index (χ2n) is 7.39. The summed E-state index contributed by atoms with van der Waals surface area (Å²) in [6, 6.07) is 19.9. The number of nitrogens with zero attached hydrogens (tertiary/aromatic N) is 2. The van der Waals surface area contributed by atoms with Crippen molar-refractivity contribution in [2.75, 3.05) is 13.6 Å². The topological polar surface area (TPSA) is 27.0 Å². The fraction of sp³-hybridized carbons (Fsp3) is 0.435. The highest BCUT2D eigenvalue weighted by Gasteiger charge is 2.37. The SMILES string of the molecule is CC(c1ccccc1)N(C)CCCC(C#N)(c1ccccc1F)C(C)C. The quantitative estimate of drug-likeness (QED) is 0.608. The fourth-order valence-corrected chi connectivity index (χ4v) is 3.59. The fourth-order valence-electron chi connectivity index (χ4n) is 3.59. The number of benzene rings is 2. The molecule has 0 heterocycles. The Labute approximate surface area is 157 Å². The predicted octanol–water partition coefficient (Wildman–Crippen LogP) is 5.72. The molecule has 2 rings (SSSR count). The molecule has 0 saturated carbocycles. The van der Waals surface area contributed by atoms with Crippen molar-refractivity contribution in [1.82, 2.24) is 4.90 Å². The lowest BCUT2D eigenvalue weighted by Crippen LogP contribution is -2.33. The van der Waals surface area contributed by atoms with Gasteiger partial charge < -0.3 is 0 Å². The second-order valence-corrected chi connectivity index (χ2v) is 7.39. The van der Waals surface area contributed by atoms with Crippen LogP contribution >= 0.6 is 0 Å². The number of rotatable bonds is 8. The molecule has 138 valence electrons. The molecule has 3 heteroatoms. The summed E-state index contributed by atoms with van der Waals surface area (Å²) in [4.78, 5) is 2.29. The van der Waals surface area contributed by atoms with Crippen molar-refractivity contribution >= 4 is 0 Å². The third-order valence-corrected chi connectivity index (χ3v) is 5.56. The maximum Gasteiger partial charge on any atom is 0.128 e. The Kier molecular flexibility index (Phi) is 6.94. The number of nitriles is 1. The standard InChI is InChI=1S/C23H29FN2/c1-18(2)23(17-25,21-13-8-9-14-22(21)24)15-10-16-26(4)19(3)20-11-6-5-7-12-20/h5-9,11-14,18-19H,10,15-16H2,1-4H3. The van der Waals surface area contributed by atoms with E-state index in [0.717, 1.165) is 13.0 Å². The first-order chi connectivity index (χ1) is 12.4. The van der Waals surface area contributed by atoms with Gasteiger partial charge in [0.1, 0.15) is 5.82 Å². The molecule has 0 N–H and O–H groups in total. The van der Waals surface area contributed by atoms with E-state index in [4.69, 9.17) is 0 Å². The summed E-state index contributed by atoms with van der Waals surface area (Å²) in [6.07, 6.45) is 1.49. The Morgan fingerprint density at radius 3 is 2.23 bits per heavy atom. The van der Waals surface area contributed by atoms with E-state index in [0.29, 0.717) is 18.0 Å². The van der Waals surface area contributed by atoms with Crippen LogP contribution in [0.15, 0.2) is 54.6 Å². The van der Waals surface area contributed by atoms with Gasteiger partial charge >= 0.3 is 0 Å². The maximum atomic E-state index is 14.4. The maximum absolute atomic E-state index is 14.4. The van der Waals surface area contributed by atoms with Crippen LogP contribution in [0.5, 0.6) is 0 Å². The van der Waals surface area contributed by atoms with Crippen molar-refractivity contribution < 1.29 is 4.39 Å². The second kappa shape index (κ2) is 8.96. The highest BCUT2D eigenvalue weighted by Crippen LogP contribution is 2.38. The zero-order valence-corrected chi connectivity index (χ0v) is 16.2. The molecule has 2 aromatic carbocycles. The molecule has 0 fully saturated rings.